The van der Waals surface area contributed by atoms with Crippen molar-refractivity contribution in [2.75, 3.05) is 0 Å². The Hall–Kier alpha value is 1.99. The third-order valence-corrected chi connectivity index (χ3v) is 0. The topological polar surface area (TPSA) is 37.3 Å². The van der Waals surface area contributed by atoms with Gasteiger partial charge in [-0.1, -0.05) is 0 Å². The van der Waals surface area contributed by atoms with Crippen LogP contribution < -0.4 is 0 Å². The maximum absolute atomic E-state index is 8.36. The van der Waals surface area contributed by atoms with E-state index in [1.807, 2.05) is 0 Å². The summed E-state index contributed by atoms with van der Waals surface area (Å²) in [7, 11) is 0. The van der Waals surface area contributed by atoms with Crippen LogP contribution in [0.25, 0.3) is 0 Å². The molecule has 4 heteroatoms. The van der Waals surface area contributed by atoms with E-state index in [1.165, 1.54) is 0 Å². The van der Waals surface area contributed by atoms with Gasteiger partial charge in [-0.25, -0.2) is 0 Å². The predicted molar refractivity (Wildman–Crippen MR) is 25.8 cm³/mol. The summed E-state index contributed by atoms with van der Waals surface area (Å²) >= 11 is 0. The van der Waals surface area contributed by atoms with E-state index in [-0.39, 0.29) is 81.9 Å². The SMILES string of the molecule is O=CO.[CaH2].[CaH2]. The van der Waals surface area contributed by atoms with Crippen LogP contribution in [0.2, 0.25) is 0 Å². The van der Waals surface area contributed by atoms with E-state index in [1.54, 1.807) is 0 Å². The molecule has 0 radical (unpaired) electrons. The molecule has 0 aliphatic rings. The summed E-state index contributed by atoms with van der Waals surface area (Å²) in [6, 6.07) is 0. The van der Waals surface area contributed by atoms with Crippen LogP contribution in [0.5, 0.6) is 0 Å². The second-order valence-corrected chi connectivity index (χ2v) is 0.105. The summed E-state index contributed by atoms with van der Waals surface area (Å²) < 4.78 is 0. The van der Waals surface area contributed by atoms with E-state index in [0.29, 0.717) is 0 Å². The number of hydrogen-bond donors (Lipinski definition) is 1. The Labute approximate surface area is 89.9 Å². The molecule has 2 nitrogen and oxygen atoms in total. The van der Waals surface area contributed by atoms with Crippen molar-refractivity contribution in [3.63, 3.8) is 0 Å². The van der Waals surface area contributed by atoms with Crippen molar-refractivity contribution in [3.8, 4) is 0 Å². The van der Waals surface area contributed by atoms with Crippen LogP contribution in [0.1, 0.15) is 0 Å². The normalized spacial score (nSPS) is 2.40. The van der Waals surface area contributed by atoms with Gasteiger partial charge in [-0.2, -0.15) is 0 Å². The van der Waals surface area contributed by atoms with Crippen LogP contribution in [0, 0.1) is 0 Å². The Morgan fingerprint density at radius 2 is 1.40 bits per heavy atom. The molecule has 5 heavy (non-hydrogen) atoms. The average molecular weight is 130 g/mol. The predicted octanol–water partition coefficient (Wildman–Crippen LogP) is -2.13. The van der Waals surface area contributed by atoms with Crippen LogP contribution >= 0.6 is 0 Å². The maximum atomic E-state index is 8.36. The molecular formula is CH6Ca2O2. The quantitative estimate of drug-likeness (QED) is 0.300. The summed E-state index contributed by atoms with van der Waals surface area (Å²) in [6.07, 6.45) is 0. The molecule has 0 atom stereocenters. The molecular weight excluding hydrogens is 124 g/mol. The van der Waals surface area contributed by atoms with Gasteiger partial charge in [0.05, 0.1) is 0 Å². The van der Waals surface area contributed by atoms with Gasteiger partial charge in [-0.05, 0) is 0 Å². The molecule has 0 spiro atoms. The van der Waals surface area contributed by atoms with Crippen molar-refractivity contribution < 1.29 is 9.90 Å². The van der Waals surface area contributed by atoms with Crippen molar-refractivity contribution in [1.29, 1.82) is 0 Å². The second kappa shape index (κ2) is 16.7. The number of carboxylic acid groups (broad SMARTS) is 1. The van der Waals surface area contributed by atoms with Crippen molar-refractivity contribution in [3.05, 3.63) is 0 Å². The fourth-order valence-electron chi connectivity index (χ4n) is 0. The van der Waals surface area contributed by atoms with Gasteiger partial charge in [0.2, 0.25) is 0 Å². The molecule has 0 aromatic rings. The van der Waals surface area contributed by atoms with Crippen LogP contribution in [-0.4, -0.2) is 87.1 Å². The molecule has 0 aliphatic heterocycles. The number of hydrogen-bond acceptors (Lipinski definition) is 1. The van der Waals surface area contributed by atoms with Crippen LogP contribution in [-0.2, 0) is 4.79 Å². The Balaban J connectivity index is -0.0000000200. The van der Waals surface area contributed by atoms with Gasteiger partial charge in [-0.3, -0.25) is 4.79 Å². The van der Waals surface area contributed by atoms with E-state index in [2.05, 4.69) is 0 Å². The average Bonchev–Trinajstić information content (AvgIpc) is 0.918. The van der Waals surface area contributed by atoms with E-state index < -0.39 is 0 Å². The van der Waals surface area contributed by atoms with Gasteiger partial charge >= 0.3 is 75.5 Å². The zero-order chi connectivity index (χ0) is 2.71. The van der Waals surface area contributed by atoms with Gasteiger partial charge in [0.1, 0.15) is 0 Å². The molecule has 0 bridgehead atoms. The molecule has 1 N–H and O–H groups in total. The van der Waals surface area contributed by atoms with Crippen LogP contribution in [0.15, 0.2) is 0 Å². The summed E-state index contributed by atoms with van der Waals surface area (Å²) in [5, 5.41) is 6.89. The molecule has 0 saturated heterocycles. The third-order valence-electron chi connectivity index (χ3n) is 0. The molecule has 0 aliphatic carbocycles. The summed E-state index contributed by atoms with van der Waals surface area (Å²) in [4.78, 5) is 8.36. The minimum atomic E-state index is -0.250. The number of rotatable bonds is 0. The van der Waals surface area contributed by atoms with Gasteiger partial charge in [0.25, 0.3) is 6.47 Å². The Kier molecular flexibility index (Phi) is 52.6. The van der Waals surface area contributed by atoms with Crippen molar-refractivity contribution in [1.82, 2.24) is 0 Å². The third kappa shape index (κ3) is 24.1. The Morgan fingerprint density at radius 3 is 1.40 bits per heavy atom. The summed E-state index contributed by atoms with van der Waals surface area (Å²) in [5.74, 6) is 0. The van der Waals surface area contributed by atoms with Crippen molar-refractivity contribution in [2.24, 2.45) is 0 Å². The first kappa shape index (κ1) is 15.8. The number of carbonyl (C=O) groups is 1. The molecule has 0 heterocycles. The monoisotopic (exact) mass is 130 g/mol. The second-order valence-electron chi connectivity index (χ2n) is 0.105. The van der Waals surface area contributed by atoms with E-state index in [9.17, 15) is 0 Å². The first-order valence-electron chi connectivity index (χ1n) is 0.494. The van der Waals surface area contributed by atoms with Crippen LogP contribution in [0.3, 0.4) is 0 Å². The Morgan fingerprint density at radius 1 is 1.40 bits per heavy atom. The van der Waals surface area contributed by atoms with E-state index >= 15 is 0 Å². The standard InChI is InChI=1S/CH2O2.2Ca.4H/c2-1-3;;;;;;/h1H,(H,2,3);;;;;;. The van der Waals surface area contributed by atoms with Crippen molar-refractivity contribution in [2.45, 2.75) is 0 Å². The van der Waals surface area contributed by atoms with E-state index in [4.69, 9.17) is 9.90 Å². The van der Waals surface area contributed by atoms with Crippen LogP contribution in [0.4, 0.5) is 0 Å². The Bertz CT molecular complexity index is 15.1. The summed E-state index contributed by atoms with van der Waals surface area (Å²) in [6.45, 7) is -0.250. The summed E-state index contributed by atoms with van der Waals surface area (Å²) in [5.41, 5.74) is 0. The molecule has 0 saturated carbocycles. The molecule has 0 fully saturated rings. The van der Waals surface area contributed by atoms with Gasteiger partial charge in [-0.15, -0.1) is 0 Å². The van der Waals surface area contributed by atoms with Gasteiger partial charge in [0.15, 0.2) is 0 Å². The molecule has 0 aromatic carbocycles. The van der Waals surface area contributed by atoms with Gasteiger partial charge < -0.3 is 5.11 Å². The van der Waals surface area contributed by atoms with E-state index in [0.717, 1.165) is 0 Å². The minimum absolute atomic E-state index is 0. The first-order valence-corrected chi connectivity index (χ1v) is 0.494. The molecule has 0 unspecified atom stereocenters. The van der Waals surface area contributed by atoms with Crippen molar-refractivity contribution >= 4 is 81.9 Å². The molecule has 26 valence electrons. The van der Waals surface area contributed by atoms with Gasteiger partial charge in [0, 0.05) is 0 Å². The zero-order valence-corrected chi connectivity index (χ0v) is 1.43. The fraction of sp³-hybridized carbons (Fsp3) is 0. The first-order chi connectivity index (χ1) is 1.41. The molecule has 0 aromatic heterocycles. The molecule has 0 rings (SSSR count). The zero-order valence-electron chi connectivity index (χ0n) is 1.43. The fourth-order valence-corrected chi connectivity index (χ4v) is 0. The molecule has 0 amide bonds.